The molecule has 192 valence electrons. The van der Waals surface area contributed by atoms with Gasteiger partial charge in [0, 0.05) is 34.5 Å². The number of aryl methyl sites for hydroxylation is 1. The molecule has 0 fully saturated rings. The average molecular weight is 545 g/mol. The lowest BCUT2D eigenvalue weighted by Crippen LogP contribution is -2.34. The number of hydrogen-bond acceptors (Lipinski definition) is 3. The van der Waals surface area contributed by atoms with Gasteiger partial charge in [-0.1, -0.05) is 69.1 Å². The van der Waals surface area contributed by atoms with Crippen LogP contribution in [0.25, 0.3) is 0 Å². The van der Waals surface area contributed by atoms with Gasteiger partial charge in [0.15, 0.2) is 5.76 Å². The Morgan fingerprint density at radius 3 is 2.31 bits per heavy atom. The largest absolute Gasteiger partial charge is 0.456 e. The van der Waals surface area contributed by atoms with E-state index in [-0.39, 0.29) is 16.7 Å². The first-order valence-electron chi connectivity index (χ1n) is 12.5. The standard InChI is InChI=1S/C30H35Cl2NO2S/c1-19-15-23-24(30(4,5)12-11-29(23,2)3)17-20(19)16-21-9-10-27(35-21)28(34)33-13-14-36-18-22-25(31)7-6-8-26(22)32/h6-10,15,17H,11-14,16,18H2,1-5H3,(H,33,34). The van der Waals surface area contributed by atoms with E-state index in [0.717, 1.165) is 17.1 Å². The Morgan fingerprint density at radius 1 is 1.00 bits per heavy atom. The van der Waals surface area contributed by atoms with Gasteiger partial charge in [0.25, 0.3) is 5.91 Å². The number of halogens is 2. The molecule has 1 aliphatic rings. The van der Waals surface area contributed by atoms with Crippen molar-refractivity contribution in [3.8, 4) is 0 Å². The van der Waals surface area contributed by atoms with Crippen LogP contribution < -0.4 is 5.32 Å². The molecule has 4 rings (SSSR count). The Kier molecular flexibility index (Phi) is 8.19. The second-order valence-corrected chi connectivity index (χ2v) is 13.0. The molecule has 1 aromatic heterocycles. The Morgan fingerprint density at radius 2 is 1.64 bits per heavy atom. The van der Waals surface area contributed by atoms with E-state index >= 15 is 0 Å². The summed E-state index contributed by atoms with van der Waals surface area (Å²) in [5.74, 6) is 2.41. The van der Waals surface area contributed by atoms with E-state index in [2.05, 4.69) is 52.1 Å². The van der Waals surface area contributed by atoms with Crippen molar-refractivity contribution in [1.29, 1.82) is 0 Å². The number of nitrogens with one attached hydrogen (secondary N) is 1. The van der Waals surface area contributed by atoms with Crippen LogP contribution in [0.4, 0.5) is 0 Å². The van der Waals surface area contributed by atoms with Gasteiger partial charge in [-0.2, -0.15) is 11.8 Å². The number of carbonyl (C=O) groups excluding carboxylic acids is 1. The van der Waals surface area contributed by atoms with Crippen LogP contribution in [-0.4, -0.2) is 18.2 Å². The van der Waals surface area contributed by atoms with Crippen LogP contribution in [-0.2, 0) is 23.0 Å². The van der Waals surface area contributed by atoms with Gasteiger partial charge < -0.3 is 9.73 Å². The molecule has 6 heteroatoms. The van der Waals surface area contributed by atoms with Crippen LogP contribution in [0, 0.1) is 6.92 Å². The van der Waals surface area contributed by atoms with Gasteiger partial charge in [0.2, 0.25) is 0 Å². The molecular formula is C30H35Cl2NO2S. The fourth-order valence-corrected chi connectivity index (χ4v) is 6.50. The minimum atomic E-state index is -0.192. The zero-order chi connectivity index (χ0) is 26.1. The highest BCUT2D eigenvalue weighted by atomic mass is 35.5. The normalized spacial score (nSPS) is 16.0. The van der Waals surface area contributed by atoms with Gasteiger partial charge in [-0.05, 0) is 82.7 Å². The zero-order valence-corrected chi connectivity index (χ0v) is 24.1. The molecule has 2 aromatic carbocycles. The molecule has 0 saturated heterocycles. The summed E-state index contributed by atoms with van der Waals surface area (Å²) < 4.78 is 5.95. The summed E-state index contributed by atoms with van der Waals surface area (Å²) in [7, 11) is 0. The molecule has 0 atom stereocenters. The monoisotopic (exact) mass is 543 g/mol. The number of hydrogen-bond donors (Lipinski definition) is 1. The fourth-order valence-electron chi connectivity index (χ4n) is 4.91. The van der Waals surface area contributed by atoms with E-state index in [0.29, 0.717) is 34.5 Å². The number of furan rings is 1. The van der Waals surface area contributed by atoms with Gasteiger partial charge in [-0.15, -0.1) is 0 Å². The number of fused-ring (bicyclic) bond motifs is 1. The van der Waals surface area contributed by atoms with Crippen molar-refractivity contribution >= 4 is 40.9 Å². The molecule has 0 spiro atoms. The van der Waals surface area contributed by atoms with Gasteiger partial charge in [0.1, 0.15) is 5.76 Å². The van der Waals surface area contributed by atoms with Crippen molar-refractivity contribution in [2.24, 2.45) is 0 Å². The van der Waals surface area contributed by atoms with E-state index < -0.39 is 0 Å². The molecule has 0 radical (unpaired) electrons. The van der Waals surface area contributed by atoms with Gasteiger partial charge >= 0.3 is 0 Å². The lowest BCUT2D eigenvalue weighted by Gasteiger charge is -2.42. The summed E-state index contributed by atoms with van der Waals surface area (Å²) in [6.45, 7) is 12.1. The summed E-state index contributed by atoms with van der Waals surface area (Å²) in [5.41, 5.74) is 6.73. The molecule has 0 unspecified atom stereocenters. The first-order chi connectivity index (χ1) is 17.0. The first kappa shape index (κ1) is 27.2. The summed E-state index contributed by atoms with van der Waals surface area (Å²) in [5, 5.41) is 4.28. The highest BCUT2D eigenvalue weighted by molar-refractivity contribution is 7.98. The number of thioether (sulfide) groups is 1. The second kappa shape index (κ2) is 10.8. The Hall–Kier alpha value is -1.88. The number of rotatable bonds is 8. The quantitative estimate of drug-likeness (QED) is 0.289. The van der Waals surface area contributed by atoms with Crippen LogP contribution >= 0.6 is 35.0 Å². The van der Waals surface area contributed by atoms with Crippen LogP contribution in [0.15, 0.2) is 46.9 Å². The maximum Gasteiger partial charge on any atom is 0.287 e. The summed E-state index contributed by atoms with van der Waals surface area (Å²) in [4.78, 5) is 12.6. The molecule has 1 amide bonds. The number of carbonyl (C=O) groups is 1. The predicted molar refractivity (Wildman–Crippen MR) is 153 cm³/mol. The highest BCUT2D eigenvalue weighted by Crippen LogP contribution is 2.46. The third-order valence-corrected chi connectivity index (χ3v) is 9.09. The van der Waals surface area contributed by atoms with E-state index in [9.17, 15) is 4.79 Å². The Labute approximate surface area is 229 Å². The van der Waals surface area contributed by atoms with Crippen LogP contribution in [0.1, 0.15) is 84.7 Å². The van der Waals surface area contributed by atoms with Crippen molar-refractivity contribution in [2.75, 3.05) is 12.3 Å². The molecule has 0 saturated carbocycles. The molecule has 3 aromatic rings. The SMILES string of the molecule is Cc1cc2c(cc1Cc1ccc(C(=O)NCCSCc3c(Cl)cccc3Cl)o1)C(C)(C)CCC2(C)C. The first-order valence-corrected chi connectivity index (χ1v) is 14.4. The van der Waals surface area contributed by atoms with Crippen LogP contribution in [0.3, 0.4) is 0 Å². The van der Waals surface area contributed by atoms with Gasteiger partial charge in [-0.3, -0.25) is 4.79 Å². The van der Waals surface area contributed by atoms with Crippen molar-refractivity contribution < 1.29 is 9.21 Å². The molecule has 1 N–H and O–H groups in total. The van der Waals surface area contributed by atoms with E-state index in [1.165, 1.54) is 35.1 Å². The van der Waals surface area contributed by atoms with E-state index in [1.54, 1.807) is 17.8 Å². The predicted octanol–water partition coefficient (Wildman–Crippen LogP) is 8.50. The maximum atomic E-state index is 12.6. The summed E-state index contributed by atoms with van der Waals surface area (Å²) in [6, 6.07) is 13.9. The van der Waals surface area contributed by atoms with Crippen molar-refractivity contribution in [3.05, 3.63) is 91.8 Å². The van der Waals surface area contributed by atoms with Crippen LogP contribution in [0.5, 0.6) is 0 Å². The average Bonchev–Trinajstić information content (AvgIpc) is 3.28. The van der Waals surface area contributed by atoms with E-state index in [4.69, 9.17) is 27.6 Å². The summed E-state index contributed by atoms with van der Waals surface area (Å²) in [6.07, 6.45) is 3.07. The van der Waals surface area contributed by atoms with Crippen molar-refractivity contribution in [2.45, 2.75) is 70.5 Å². The van der Waals surface area contributed by atoms with Gasteiger partial charge in [0.05, 0.1) is 0 Å². The smallest absolute Gasteiger partial charge is 0.287 e. The van der Waals surface area contributed by atoms with Crippen LogP contribution in [0.2, 0.25) is 10.0 Å². The highest BCUT2D eigenvalue weighted by Gasteiger charge is 2.37. The Bertz CT molecular complexity index is 1240. The van der Waals surface area contributed by atoms with E-state index in [1.807, 2.05) is 24.3 Å². The molecule has 36 heavy (non-hydrogen) atoms. The maximum absolute atomic E-state index is 12.6. The third kappa shape index (κ3) is 5.98. The molecule has 0 bridgehead atoms. The molecule has 0 aliphatic heterocycles. The number of amides is 1. The molecule has 3 nitrogen and oxygen atoms in total. The number of benzene rings is 2. The van der Waals surface area contributed by atoms with Crippen molar-refractivity contribution in [1.82, 2.24) is 5.32 Å². The summed E-state index contributed by atoms with van der Waals surface area (Å²) >= 11 is 14.1. The zero-order valence-electron chi connectivity index (χ0n) is 21.8. The third-order valence-electron chi connectivity index (χ3n) is 7.40. The Balaban J connectivity index is 1.35. The molecule has 1 heterocycles. The molecular weight excluding hydrogens is 509 g/mol. The fraction of sp³-hybridized carbons (Fsp3) is 0.433. The topological polar surface area (TPSA) is 42.2 Å². The van der Waals surface area contributed by atoms with Crippen molar-refractivity contribution in [3.63, 3.8) is 0 Å². The minimum Gasteiger partial charge on any atom is -0.456 e. The minimum absolute atomic E-state index is 0.163. The lowest BCUT2D eigenvalue weighted by atomic mass is 9.62. The second-order valence-electron chi connectivity index (χ2n) is 11.0. The molecule has 1 aliphatic carbocycles. The van der Waals surface area contributed by atoms with Gasteiger partial charge in [-0.25, -0.2) is 0 Å². The lowest BCUT2D eigenvalue weighted by molar-refractivity contribution is 0.0927.